The molecule has 0 aromatic heterocycles. The van der Waals surface area contributed by atoms with E-state index in [1.165, 1.54) is 5.56 Å². The Bertz CT molecular complexity index is 560. The van der Waals surface area contributed by atoms with Crippen LogP contribution in [0.3, 0.4) is 0 Å². The molecule has 1 saturated heterocycles. The van der Waals surface area contributed by atoms with Crippen LogP contribution >= 0.6 is 0 Å². The van der Waals surface area contributed by atoms with E-state index in [0.717, 1.165) is 31.5 Å². The lowest BCUT2D eigenvalue weighted by Crippen LogP contribution is -2.47. The number of hydrogen-bond acceptors (Lipinski definition) is 3. The van der Waals surface area contributed by atoms with Gasteiger partial charge in [-0.25, -0.2) is 4.79 Å². The zero-order valence-electron chi connectivity index (χ0n) is 16.0. The summed E-state index contributed by atoms with van der Waals surface area (Å²) in [5.74, 6) is 0.187. The lowest BCUT2D eigenvalue weighted by Gasteiger charge is -2.34. The van der Waals surface area contributed by atoms with Gasteiger partial charge >= 0.3 is 6.03 Å². The van der Waals surface area contributed by atoms with Gasteiger partial charge in [0, 0.05) is 38.1 Å². The third kappa shape index (κ3) is 5.72. The minimum Gasteiger partial charge on any atom is -0.393 e. The summed E-state index contributed by atoms with van der Waals surface area (Å²) in [6, 6.07) is 8.73. The Morgan fingerprint density at radius 2 is 2.00 bits per heavy atom. The molecule has 1 heterocycles. The molecule has 2 amide bonds. The number of likely N-dealkylation sites (tertiary alicyclic amines) is 1. The Balaban J connectivity index is 1.93. The Kier molecular flexibility index (Phi) is 7.26. The largest absolute Gasteiger partial charge is 0.393 e. The van der Waals surface area contributed by atoms with E-state index in [0.29, 0.717) is 19.1 Å². The molecule has 0 saturated carbocycles. The van der Waals surface area contributed by atoms with Crippen LogP contribution in [0.2, 0.25) is 0 Å². The first-order valence-corrected chi connectivity index (χ1v) is 9.36. The van der Waals surface area contributed by atoms with Gasteiger partial charge in [0.2, 0.25) is 0 Å². The smallest absolute Gasteiger partial charge is 0.317 e. The first-order valence-electron chi connectivity index (χ1n) is 9.36. The van der Waals surface area contributed by atoms with Crippen LogP contribution in [0.1, 0.15) is 44.7 Å². The fraction of sp³-hybridized carbons (Fsp3) is 0.650. The van der Waals surface area contributed by atoms with Crippen LogP contribution < -0.4 is 5.32 Å². The monoisotopic (exact) mass is 347 g/mol. The number of aliphatic hydroxyl groups excluding tert-OH is 1. The van der Waals surface area contributed by atoms with Crippen LogP contribution in [0, 0.1) is 5.92 Å². The van der Waals surface area contributed by atoms with Gasteiger partial charge in [0.15, 0.2) is 0 Å². The molecule has 140 valence electrons. The van der Waals surface area contributed by atoms with Crippen LogP contribution in [-0.2, 0) is 13.1 Å². The van der Waals surface area contributed by atoms with Gasteiger partial charge in [-0.15, -0.1) is 0 Å². The minimum atomic E-state index is -0.358. The molecule has 0 bridgehead atoms. The lowest BCUT2D eigenvalue weighted by molar-refractivity contribution is 0.0738. The van der Waals surface area contributed by atoms with E-state index < -0.39 is 0 Å². The number of hydrogen-bond donors (Lipinski definition) is 2. The zero-order chi connectivity index (χ0) is 18.4. The van der Waals surface area contributed by atoms with E-state index in [1.54, 1.807) is 0 Å². The molecule has 2 rings (SSSR count). The Labute approximate surface area is 152 Å². The third-order valence-corrected chi connectivity index (χ3v) is 5.28. The number of benzene rings is 1. The van der Waals surface area contributed by atoms with Crippen molar-refractivity contribution in [3.05, 3.63) is 35.4 Å². The van der Waals surface area contributed by atoms with Crippen molar-refractivity contribution in [1.82, 2.24) is 15.1 Å². The van der Waals surface area contributed by atoms with Gasteiger partial charge < -0.3 is 15.3 Å². The van der Waals surface area contributed by atoms with Gasteiger partial charge in [0.05, 0.1) is 6.10 Å². The summed E-state index contributed by atoms with van der Waals surface area (Å²) in [6.45, 7) is 8.99. The molecule has 1 aromatic carbocycles. The standard InChI is InChI=1S/C20H33N3O2/c1-15(2)22(4)13-19-9-6-5-8-17(19)12-21-20(25)23-11-7-10-18(14-23)16(3)24/h5-6,8-9,15-16,18,24H,7,10-14H2,1-4H3,(H,21,25). The second-order valence-electron chi connectivity index (χ2n) is 7.53. The van der Waals surface area contributed by atoms with Crippen LogP contribution in [-0.4, -0.2) is 53.2 Å². The number of carbonyl (C=O) groups excluding carboxylic acids is 1. The molecule has 0 aliphatic carbocycles. The number of urea groups is 1. The average Bonchev–Trinajstić information content (AvgIpc) is 2.60. The molecule has 2 unspecified atom stereocenters. The van der Waals surface area contributed by atoms with Gasteiger partial charge in [-0.3, -0.25) is 4.90 Å². The van der Waals surface area contributed by atoms with Crippen molar-refractivity contribution in [3.8, 4) is 0 Å². The predicted octanol–water partition coefficient (Wildman–Crippen LogP) is 2.83. The first-order chi connectivity index (χ1) is 11.9. The SMILES string of the molecule is CC(O)C1CCCN(C(=O)NCc2ccccc2CN(C)C(C)C)C1. The molecular weight excluding hydrogens is 314 g/mol. The Morgan fingerprint density at radius 3 is 2.64 bits per heavy atom. The highest BCUT2D eigenvalue weighted by Crippen LogP contribution is 2.20. The molecule has 1 aliphatic rings. The summed E-state index contributed by atoms with van der Waals surface area (Å²) in [7, 11) is 2.12. The number of nitrogens with zero attached hydrogens (tertiary/aromatic N) is 2. The van der Waals surface area contributed by atoms with Crippen molar-refractivity contribution < 1.29 is 9.90 Å². The molecule has 0 radical (unpaired) electrons. The van der Waals surface area contributed by atoms with Crippen molar-refractivity contribution >= 4 is 6.03 Å². The highest BCUT2D eigenvalue weighted by Gasteiger charge is 2.26. The maximum absolute atomic E-state index is 12.5. The number of aliphatic hydroxyl groups is 1. The first kappa shape index (κ1) is 19.7. The van der Waals surface area contributed by atoms with Crippen molar-refractivity contribution in [1.29, 1.82) is 0 Å². The summed E-state index contributed by atoms with van der Waals surface area (Å²) >= 11 is 0. The van der Waals surface area contributed by atoms with Crippen molar-refractivity contribution in [2.75, 3.05) is 20.1 Å². The van der Waals surface area contributed by atoms with Gasteiger partial charge in [-0.1, -0.05) is 24.3 Å². The number of nitrogens with one attached hydrogen (secondary N) is 1. The highest BCUT2D eigenvalue weighted by molar-refractivity contribution is 5.74. The average molecular weight is 348 g/mol. The van der Waals surface area contributed by atoms with E-state index in [-0.39, 0.29) is 18.1 Å². The van der Waals surface area contributed by atoms with Gasteiger partial charge in [-0.05, 0) is 51.8 Å². The predicted molar refractivity (Wildman–Crippen MR) is 101 cm³/mol. The van der Waals surface area contributed by atoms with Crippen molar-refractivity contribution in [3.63, 3.8) is 0 Å². The van der Waals surface area contributed by atoms with Gasteiger partial charge in [0.25, 0.3) is 0 Å². The summed E-state index contributed by atoms with van der Waals surface area (Å²) in [5.41, 5.74) is 2.41. The highest BCUT2D eigenvalue weighted by atomic mass is 16.3. The van der Waals surface area contributed by atoms with Crippen LogP contribution in [0.25, 0.3) is 0 Å². The Hall–Kier alpha value is -1.59. The molecule has 1 aliphatic heterocycles. The maximum atomic E-state index is 12.5. The molecule has 2 atom stereocenters. The lowest BCUT2D eigenvalue weighted by atomic mass is 9.94. The van der Waals surface area contributed by atoms with Crippen LogP contribution in [0.5, 0.6) is 0 Å². The molecule has 0 spiro atoms. The fourth-order valence-corrected chi connectivity index (χ4v) is 3.21. The second-order valence-corrected chi connectivity index (χ2v) is 7.53. The van der Waals surface area contributed by atoms with Gasteiger partial charge in [-0.2, -0.15) is 0 Å². The van der Waals surface area contributed by atoms with E-state index in [1.807, 2.05) is 24.0 Å². The quantitative estimate of drug-likeness (QED) is 0.832. The van der Waals surface area contributed by atoms with Gasteiger partial charge in [0.1, 0.15) is 0 Å². The molecular formula is C20H33N3O2. The van der Waals surface area contributed by atoms with Crippen molar-refractivity contribution in [2.45, 2.75) is 58.8 Å². The second kappa shape index (κ2) is 9.20. The van der Waals surface area contributed by atoms with E-state index in [2.05, 4.69) is 43.2 Å². The number of amides is 2. The molecule has 1 aromatic rings. The summed E-state index contributed by atoms with van der Waals surface area (Å²) < 4.78 is 0. The van der Waals surface area contributed by atoms with E-state index >= 15 is 0 Å². The summed E-state index contributed by atoms with van der Waals surface area (Å²) in [5, 5.41) is 12.8. The van der Waals surface area contributed by atoms with E-state index in [4.69, 9.17) is 0 Å². The molecule has 2 N–H and O–H groups in total. The zero-order valence-corrected chi connectivity index (χ0v) is 16.0. The molecule has 25 heavy (non-hydrogen) atoms. The minimum absolute atomic E-state index is 0.0302. The maximum Gasteiger partial charge on any atom is 0.317 e. The number of carbonyl (C=O) groups is 1. The molecule has 5 nitrogen and oxygen atoms in total. The van der Waals surface area contributed by atoms with E-state index in [9.17, 15) is 9.90 Å². The molecule has 5 heteroatoms. The Morgan fingerprint density at radius 1 is 1.32 bits per heavy atom. The normalized spacial score (nSPS) is 19.3. The van der Waals surface area contributed by atoms with Crippen molar-refractivity contribution in [2.24, 2.45) is 5.92 Å². The number of piperidine rings is 1. The fourth-order valence-electron chi connectivity index (χ4n) is 3.21. The summed E-state index contributed by atoms with van der Waals surface area (Å²) in [6.07, 6.45) is 1.59. The third-order valence-electron chi connectivity index (χ3n) is 5.28. The van der Waals surface area contributed by atoms with Crippen LogP contribution in [0.15, 0.2) is 24.3 Å². The number of rotatable bonds is 6. The molecule has 1 fully saturated rings. The van der Waals surface area contributed by atoms with Crippen LogP contribution in [0.4, 0.5) is 4.79 Å². The topological polar surface area (TPSA) is 55.8 Å². The summed E-state index contributed by atoms with van der Waals surface area (Å²) in [4.78, 5) is 16.6.